The Kier molecular flexibility index (Phi) is 6.26. The molecule has 172 valence electrons. The van der Waals surface area contributed by atoms with Crippen molar-refractivity contribution in [2.75, 3.05) is 13.1 Å². The Bertz CT molecular complexity index is 1360. The average molecular weight is 500 g/mol. The van der Waals surface area contributed by atoms with Gasteiger partial charge in [-0.2, -0.15) is 4.31 Å². The van der Waals surface area contributed by atoms with E-state index >= 15 is 0 Å². The van der Waals surface area contributed by atoms with Crippen molar-refractivity contribution in [2.45, 2.75) is 48.5 Å². The van der Waals surface area contributed by atoms with E-state index in [1.165, 1.54) is 4.70 Å². The summed E-state index contributed by atoms with van der Waals surface area (Å²) in [5.41, 5.74) is 1.77. The SMILES string of the molecule is CCn1c(S[C@@H](C)c2nc3ccccc3s2)nnc1-c1cccc(S(=O)(=O)N2CCCC2)c1. The van der Waals surface area contributed by atoms with Gasteiger partial charge >= 0.3 is 0 Å². The van der Waals surface area contributed by atoms with Crippen molar-refractivity contribution in [2.24, 2.45) is 0 Å². The number of nitrogens with zero attached hydrogens (tertiary/aromatic N) is 5. The van der Waals surface area contributed by atoms with Gasteiger partial charge in [0, 0.05) is 25.2 Å². The van der Waals surface area contributed by atoms with Crippen molar-refractivity contribution in [3.8, 4) is 11.4 Å². The molecule has 7 nitrogen and oxygen atoms in total. The average Bonchev–Trinajstić information content (AvgIpc) is 3.58. The summed E-state index contributed by atoms with van der Waals surface area (Å²) in [6.45, 7) is 6.02. The topological polar surface area (TPSA) is 81.0 Å². The Labute approximate surface area is 201 Å². The molecule has 3 heterocycles. The number of hydrogen-bond acceptors (Lipinski definition) is 7. The van der Waals surface area contributed by atoms with Gasteiger partial charge in [-0.1, -0.05) is 36.0 Å². The summed E-state index contributed by atoms with van der Waals surface area (Å²) in [5, 5.41) is 10.8. The molecule has 1 saturated heterocycles. The van der Waals surface area contributed by atoms with Gasteiger partial charge in [0.2, 0.25) is 10.0 Å². The fourth-order valence-corrected chi connectivity index (χ4v) is 7.67. The van der Waals surface area contributed by atoms with Gasteiger partial charge in [0.05, 0.1) is 20.4 Å². The number of sulfonamides is 1. The minimum atomic E-state index is -3.49. The Hall–Kier alpha value is -2.27. The molecule has 2 aromatic carbocycles. The van der Waals surface area contributed by atoms with E-state index in [0.717, 1.165) is 34.1 Å². The van der Waals surface area contributed by atoms with Gasteiger partial charge in [0.15, 0.2) is 11.0 Å². The third-order valence-corrected chi connectivity index (χ3v) is 10.1. The van der Waals surface area contributed by atoms with E-state index in [-0.39, 0.29) is 5.25 Å². The summed E-state index contributed by atoms with van der Waals surface area (Å²) in [5.74, 6) is 0.676. The van der Waals surface area contributed by atoms with Gasteiger partial charge in [-0.15, -0.1) is 21.5 Å². The minimum Gasteiger partial charge on any atom is -0.302 e. The molecule has 0 radical (unpaired) electrons. The highest BCUT2D eigenvalue weighted by molar-refractivity contribution is 7.99. The summed E-state index contributed by atoms with van der Waals surface area (Å²) in [7, 11) is -3.49. The summed E-state index contributed by atoms with van der Waals surface area (Å²) < 4.78 is 30.8. The first-order valence-electron chi connectivity index (χ1n) is 11.0. The smallest absolute Gasteiger partial charge is 0.243 e. The molecule has 1 fully saturated rings. The molecular weight excluding hydrogens is 474 g/mol. The Morgan fingerprint density at radius 3 is 2.64 bits per heavy atom. The van der Waals surface area contributed by atoms with E-state index in [9.17, 15) is 8.42 Å². The Morgan fingerprint density at radius 1 is 1.09 bits per heavy atom. The van der Waals surface area contributed by atoms with Gasteiger partial charge in [-0.25, -0.2) is 13.4 Å². The first-order chi connectivity index (χ1) is 16.0. The van der Waals surface area contributed by atoms with Crippen LogP contribution >= 0.6 is 23.1 Å². The molecule has 33 heavy (non-hydrogen) atoms. The van der Waals surface area contributed by atoms with Crippen LogP contribution in [0.5, 0.6) is 0 Å². The molecule has 4 aromatic rings. The number of aromatic nitrogens is 4. The molecule has 1 aliphatic rings. The predicted octanol–water partition coefficient (Wildman–Crippen LogP) is 5.21. The standard InChI is InChI=1S/C23H25N5O2S3/c1-3-28-21(17-9-8-10-18(15-17)33(29,30)27-13-6-7-14-27)25-26-23(28)31-16(2)22-24-19-11-4-5-12-20(19)32-22/h4-5,8-12,15-16H,3,6-7,13-14H2,1-2H3/t16-/m0/s1. The van der Waals surface area contributed by atoms with Gasteiger partial charge in [-0.3, -0.25) is 0 Å². The van der Waals surface area contributed by atoms with Crippen LogP contribution in [-0.4, -0.2) is 45.6 Å². The number of hydrogen-bond donors (Lipinski definition) is 0. The number of para-hydroxylation sites is 1. The fraction of sp³-hybridized carbons (Fsp3) is 0.348. The van der Waals surface area contributed by atoms with Gasteiger partial charge in [-0.05, 0) is 51.0 Å². The predicted molar refractivity (Wildman–Crippen MR) is 133 cm³/mol. The molecule has 0 saturated carbocycles. The minimum absolute atomic E-state index is 0.117. The van der Waals surface area contributed by atoms with Crippen LogP contribution in [0.2, 0.25) is 0 Å². The van der Waals surface area contributed by atoms with Crippen LogP contribution in [0.1, 0.15) is 36.9 Å². The second-order valence-corrected chi connectivity index (χ2v) is 12.3. The van der Waals surface area contributed by atoms with Crippen molar-refractivity contribution < 1.29 is 8.42 Å². The van der Waals surface area contributed by atoms with E-state index in [1.54, 1.807) is 45.6 Å². The molecule has 0 amide bonds. The third kappa shape index (κ3) is 4.32. The maximum atomic E-state index is 13.0. The Balaban J connectivity index is 1.43. The number of rotatable bonds is 7. The molecule has 5 rings (SSSR count). The highest BCUT2D eigenvalue weighted by Gasteiger charge is 2.28. The first-order valence-corrected chi connectivity index (χ1v) is 14.2. The fourth-order valence-electron chi connectivity index (χ4n) is 4.02. The lowest BCUT2D eigenvalue weighted by atomic mass is 10.2. The molecule has 1 aliphatic heterocycles. The second kappa shape index (κ2) is 9.17. The quantitative estimate of drug-likeness (QED) is 0.325. The van der Waals surface area contributed by atoms with Crippen LogP contribution in [0.15, 0.2) is 58.6 Å². The van der Waals surface area contributed by atoms with Crippen molar-refractivity contribution in [3.63, 3.8) is 0 Å². The molecule has 0 bridgehead atoms. The summed E-state index contributed by atoms with van der Waals surface area (Å²) in [6.07, 6.45) is 1.83. The Morgan fingerprint density at radius 2 is 1.88 bits per heavy atom. The van der Waals surface area contributed by atoms with Gasteiger partial charge < -0.3 is 4.57 Å². The van der Waals surface area contributed by atoms with Gasteiger partial charge in [0.25, 0.3) is 0 Å². The number of thioether (sulfide) groups is 1. The zero-order valence-electron chi connectivity index (χ0n) is 18.5. The van der Waals surface area contributed by atoms with Crippen LogP contribution in [-0.2, 0) is 16.6 Å². The van der Waals surface area contributed by atoms with E-state index in [4.69, 9.17) is 4.98 Å². The second-order valence-electron chi connectivity index (χ2n) is 7.97. The molecular formula is C23H25N5O2S3. The monoisotopic (exact) mass is 499 g/mol. The summed E-state index contributed by atoms with van der Waals surface area (Å²) in [6, 6.07) is 15.2. The number of fused-ring (bicyclic) bond motifs is 1. The molecule has 2 aromatic heterocycles. The lowest BCUT2D eigenvalue weighted by molar-refractivity contribution is 0.477. The van der Waals surface area contributed by atoms with E-state index in [0.29, 0.717) is 30.4 Å². The van der Waals surface area contributed by atoms with E-state index in [2.05, 4.69) is 23.2 Å². The van der Waals surface area contributed by atoms with Crippen molar-refractivity contribution in [3.05, 3.63) is 53.5 Å². The number of benzene rings is 2. The first kappa shape index (κ1) is 22.5. The lowest BCUT2D eigenvalue weighted by Crippen LogP contribution is -2.27. The molecule has 10 heteroatoms. The van der Waals surface area contributed by atoms with E-state index < -0.39 is 10.0 Å². The summed E-state index contributed by atoms with van der Waals surface area (Å²) in [4.78, 5) is 5.08. The van der Waals surface area contributed by atoms with Crippen molar-refractivity contribution in [1.29, 1.82) is 0 Å². The third-order valence-electron chi connectivity index (χ3n) is 5.77. The molecule has 0 unspecified atom stereocenters. The maximum Gasteiger partial charge on any atom is 0.243 e. The number of thiazole rings is 1. The lowest BCUT2D eigenvalue weighted by Gasteiger charge is -2.16. The van der Waals surface area contributed by atoms with Crippen LogP contribution in [0.25, 0.3) is 21.6 Å². The normalized spacial score (nSPS) is 15.9. The zero-order valence-corrected chi connectivity index (χ0v) is 21.0. The van der Waals surface area contributed by atoms with Crippen LogP contribution in [0, 0.1) is 0 Å². The van der Waals surface area contributed by atoms with Crippen LogP contribution in [0.3, 0.4) is 0 Å². The largest absolute Gasteiger partial charge is 0.302 e. The van der Waals surface area contributed by atoms with E-state index in [1.807, 2.05) is 35.8 Å². The molecule has 0 spiro atoms. The molecule has 1 atom stereocenters. The summed E-state index contributed by atoms with van der Waals surface area (Å²) >= 11 is 3.32. The highest BCUT2D eigenvalue weighted by Crippen LogP contribution is 2.38. The van der Waals surface area contributed by atoms with Crippen molar-refractivity contribution >= 4 is 43.3 Å². The van der Waals surface area contributed by atoms with Crippen LogP contribution in [0.4, 0.5) is 0 Å². The molecule has 0 N–H and O–H groups in total. The van der Waals surface area contributed by atoms with Crippen molar-refractivity contribution in [1.82, 2.24) is 24.1 Å². The van der Waals surface area contributed by atoms with Gasteiger partial charge in [0.1, 0.15) is 5.01 Å². The zero-order chi connectivity index (χ0) is 23.0. The molecule has 0 aliphatic carbocycles. The van der Waals surface area contributed by atoms with Crippen LogP contribution < -0.4 is 0 Å². The maximum absolute atomic E-state index is 13.0. The highest BCUT2D eigenvalue weighted by atomic mass is 32.2.